The Balaban J connectivity index is 3.05. The molecule has 0 bridgehead atoms. The third-order valence-electron chi connectivity index (χ3n) is 2.80. The number of hydrogen-bond donors (Lipinski definition) is 0. The van der Waals surface area contributed by atoms with Crippen molar-refractivity contribution in [2.24, 2.45) is 0 Å². The molecule has 0 radical (unpaired) electrons. The number of halogens is 2. The predicted molar refractivity (Wildman–Crippen MR) is 86.8 cm³/mol. The molecule has 0 aromatic heterocycles. The first-order valence-electron chi connectivity index (χ1n) is 6.39. The van der Waals surface area contributed by atoms with Crippen LogP contribution >= 0.6 is 27.5 Å². The van der Waals surface area contributed by atoms with Crippen molar-refractivity contribution in [3.8, 4) is 0 Å². The minimum Gasteiger partial charge on any atom is -0.308 e. The third-order valence-corrected chi connectivity index (χ3v) is 5.91. The maximum atomic E-state index is 12.6. The summed E-state index contributed by atoms with van der Waals surface area (Å²) in [6.45, 7) is 3.64. The van der Waals surface area contributed by atoms with E-state index in [0.29, 0.717) is 29.1 Å². The highest BCUT2D eigenvalue weighted by molar-refractivity contribution is 9.10. The fraction of sp³-hybridized carbons (Fsp3) is 0.538. The Morgan fingerprint density at radius 2 is 1.85 bits per heavy atom. The highest BCUT2D eigenvalue weighted by Crippen LogP contribution is 2.27. The van der Waals surface area contributed by atoms with E-state index in [1.165, 1.54) is 4.31 Å². The van der Waals surface area contributed by atoms with E-state index in [0.717, 1.165) is 6.42 Å². The van der Waals surface area contributed by atoms with Gasteiger partial charge in [-0.25, -0.2) is 8.42 Å². The largest absolute Gasteiger partial charge is 0.308 e. The van der Waals surface area contributed by atoms with E-state index in [2.05, 4.69) is 15.9 Å². The van der Waals surface area contributed by atoms with Crippen molar-refractivity contribution < 1.29 is 8.42 Å². The molecule has 1 aromatic carbocycles. The van der Waals surface area contributed by atoms with E-state index in [9.17, 15) is 8.42 Å². The summed E-state index contributed by atoms with van der Waals surface area (Å²) in [5, 5.41) is 0.499. The average Bonchev–Trinajstić information content (AvgIpc) is 2.37. The summed E-state index contributed by atoms with van der Waals surface area (Å²) >= 11 is 9.18. The summed E-state index contributed by atoms with van der Waals surface area (Å²) in [4.78, 5) is 2.23. The molecule has 0 unspecified atom stereocenters. The van der Waals surface area contributed by atoms with Gasteiger partial charge in [-0.3, -0.25) is 0 Å². The van der Waals surface area contributed by atoms with Crippen LogP contribution in [0.5, 0.6) is 0 Å². The van der Waals surface area contributed by atoms with Crippen molar-refractivity contribution in [1.29, 1.82) is 0 Å². The molecule has 0 aliphatic heterocycles. The second-order valence-corrected chi connectivity index (χ2v) is 7.98. The zero-order valence-corrected chi connectivity index (χ0v) is 15.1. The Morgan fingerprint density at radius 3 is 2.35 bits per heavy atom. The van der Waals surface area contributed by atoms with Gasteiger partial charge in [-0.1, -0.05) is 18.5 Å². The Morgan fingerprint density at radius 1 is 1.20 bits per heavy atom. The summed E-state index contributed by atoms with van der Waals surface area (Å²) < 4.78 is 27.4. The van der Waals surface area contributed by atoms with Crippen LogP contribution in [0.2, 0.25) is 5.02 Å². The second kappa shape index (κ2) is 7.75. The van der Waals surface area contributed by atoms with Crippen LogP contribution in [-0.2, 0) is 10.0 Å². The van der Waals surface area contributed by atoms with Gasteiger partial charge in [0.25, 0.3) is 0 Å². The highest BCUT2D eigenvalue weighted by Gasteiger charge is 2.24. The SMILES string of the molecule is CCCN(CCN(C)C)S(=O)(=O)c1ccc(Cl)c(Br)c1. The van der Waals surface area contributed by atoms with Gasteiger partial charge >= 0.3 is 0 Å². The monoisotopic (exact) mass is 382 g/mol. The van der Waals surface area contributed by atoms with Crippen LogP contribution in [0.4, 0.5) is 0 Å². The van der Waals surface area contributed by atoms with Crippen LogP contribution in [0.1, 0.15) is 13.3 Å². The average molecular weight is 384 g/mol. The molecule has 0 saturated carbocycles. The summed E-state index contributed by atoms with van der Waals surface area (Å²) in [5.74, 6) is 0. The lowest BCUT2D eigenvalue weighted by atomic mass is 10.4. The van der Waals surface area contributed by atoms with Crippen LogP contribution in [-0.4, -0.2) is 51.4 Å². The number of likely N-dealkylation sites (N-methyl/N-ethyl adjacent to an activating group) is 1. The van der Waals surface area contributed by atoms with Gasteiger partial charge in [0.1, 0.15) is 0 Å². The van der Waals surface area contributed by atoms with Crippen molar-refractivity contribution >= 4 is 37.6 Å². The molecule has 0 saturated heterocycles. The summed E-state index contributed by atoms with van der Waals surface area (Å²) in [5.41, 5.74) is 0. The van der Waals surface area contributed by atoms with E-state index in [1.54, 1.807) is 18.2 Å². The Hall–Kier alpha value is -0.140. The maximum Gasteiger partial charge on any atom is 0.243 e. The van der Waals surface area contributed by atoms with Crippen molar-refractivity contribution in [1.82, 2.24) is 9.21 Å². The Bertz CT molecular complexity index is 549. The number of sulfonamides is 1. The molecule has 0 heterocycles. The minimum absolute atomic E-state index is 0.265. The number of rotatable bonds is 7. The van der Waals surface area contributed by atoms with Crippen LogP contribution in [0.15, 0.2) is 27.6 Å². The van der Waals surface area contributed by atoms with Crippen LogP contribution in [0, 0.1) is 0 Å². The molecular weight excluding hydrogens is 364 g/mol. The number of hydrogen-bond acceptors (Lipinski definition) is 3. The molecule has 1 rings (SSSR count). The van der Waals surface area contributed by atoms with Gasteiger partial charge < -0.3 is 4.90 Å². The fourth-order valence-corrected chi connectivity index (χ4v) is 3.90. The summed E-state index contributed by atoms with van der Waals surface area (Å²) in [7, 11) is 0.372. The zero-order chi connectivity index (χ0) is 15.3. The zero-order valence-electron chi connectivity index (χ0n) is 11.9. The first kappa shape index (κ1) is 17.9. The molecule has 0 N–H and O–H groups in total. The van der Waals surface area contributed by atoms with Gasteiger partial charge in [0, 0.05) is 24.1 Å². The lowest BCUT2D eigenvalue weighted by Gasteiger charge is -2.23. The molecule has 0 aliphatic carbocycles. The lowest BCUT2D eigenvalue weighted by molar-refractivity contribution is 0.333. The predicted octanol–water partition coefficient (Wildman–Crippen LogP) is 3.06. The van der Waals surface area contributed by atoms with Gasteiger partial charge in [-0.05, 0) is 54.6 Å². The first-order valence-corrected chi connectivity index (χ1v) is 9.00. The number of nitrogens with zero attached hydrogens (tertiary/aromatic N) is 2. The van der Waals surface area contributed by atoms with Crippen molar-refractivity contribution in [3.63, 3.8) is 0 Å². The lowest BCUT2D eigenvalue weighted by Crippen LogP contribution is -2.37. The fourth-order valence-electron chi connectivity index (χ4n) is 1.70. The van der Waals surface area contributed by atoms with Gasteiger partial charge in [0.2, 0.25) is 10.0 Å². The van der Waals surface area contributed by atoms with Crippen LogP contribution in [0.25, 0.3) is 0 Å². The van der Waals surface area contributed by atoms with E-state index in [4.69, 9.17) is 11.6 Å². The molecule has 0 spiro atoms. The quantitative estimate of drug-likeness (QED) is 0.726. The van der Waals surface area contributed by atoms with E-state index < -0.39 is 10.0 Å². The minimum atomic E-state index is -3.48. The van der Waals surface area contributed by atoms with Gasteiger partial charge in [0.05, 0.1) is 9.92 Å². The van der Waals surface area contributed by atoms with Crippen LogP contribution < -0.4 is 0 Å². The summed E-state index contributed by atoms with van der Waals surface area (Å²) in [6.07, 6.45) is 0.779. The van der Waals surface area contributed by atoms with Crippen LogP contribution in [0.3, 0.4) is 0 Å². The molecule has 4 nitrogen and oxygen atoms in total. The molecule has 0 aliphatic rings. The highest BCUT2D eigenvalue weighted by atomic mass is 79.9. The molecular formula is C13H20BrClN2O2S. The molecule has 1 aromatic rings. The second-order valence-electron chi connectivity index (χ2n) is 4.78. The smallest absolute Gasteiger partial charge is 0.243 e. The van der Waals surface area contributed by atoms with E-state index in [-0.39, 0.29) is 4.90 Å². The summed E-state index contributed by atoms with van der Waals surface area (Å²) in [6, 6.07) is 4.69. The topological polar surface area (TPSA) is 40.6 Å². The van der Waals surface area contributed by atoms with E-state index in [1.807, 2.05) is 25.9 Å². The molecule has 0 amide bonds. The molecule has 114 valence electrons. The molecule has 7 heteroatoms. The number of benzene rings is 1. The van der Waals surface area contributed by atoms with Crippen molar-refractivity contribution in [3.05, 3.63) is 27.7 Å². The standard InChI is InChI=1S/C13H20BrClN2O2S/c1-4-7-17(9-8-16(2)3)20(18,19)11-5-6-13(15)12(14)10-11/h5-6,10H,4,7-9H2,1-3H3. The van der Waals surface area contributed by atoms with Gasteiger partial charge in [-0.2, -0.15) is 4.31 Å². The normalized spacial score (nSPS) is 12.3. The maximum absolute atomic E-state index is 12.6. The van der Waals surface area contributed by atoms with Gasteiger partial charge in [0.15, 0.2) is 0 Å². The van der Waals surface area contributed by atoms with Gasteiger partial charge in [-0.15, -0.1) is 0 Å². The first-order chi connectivity index (χ1) is 9.28. The molecule has 0 atom stereocenters. The Labute approximate surface area is 134 Å². The van der Waals surface area contributed by atoms with Crippen molar-refractivity contribution in [2.75, 3.05) is 33.7 Å². The molecule has 20 heavy (non-hydrogen) atoms. The Kier molecular flexibility index (Phi) is 6.94. The van der Waals surface area contributed by atoms with Crippen molar-refractivity contribution in [2.45, 2.75) is 18.2 Å². The third kappa shape index (κ3) is 4.70. The molecule has 0 fully saturated rings. The van der Waals surface area contributed by atoms with E-state index >= 15 is 0 Å².